The monoisotopic (exact) mass is 408 g/mol. The summed E-state index contributed by atoms with van der Waals surface area (Å²) < 4.78 is 36.4. The molecule has 0 amide bonds. The summed E-state index contributed by atoms with van der Waals surface area (Å²) in [4.78, 5) is 33.8. The molecule has 0 radical (unpaired) electrons. The third-order valence-electron chi connectivity index (χ3n) is 3.59. The maximum atomic E-state index is 12.5. The van der Waals surface area contributed by atoms with Gasteiger partial charge in [-0.15, -0.1) is 0 Å². The van der Waals surface area contributed by atoms with Crippen molar-refractivity contribution < 1.29 is 32.4 Å². The highest BCUT2D eigenvalue weighted by molar-refractivity contribution is 7.91. The zero-order valence-electron chi connectivity index (χ0n) is 14.9. The topological polar surface area (TPSA) is 142 Å². The predicted molar refractivity (Wildman–Crippen MR) is 98.5 cm³/mol. The molecule has 2 aromatic carbocycles. The van der Waals surface area contributed by atoms with Gasteiger partial charge in [0.2, 0.25) is 10.0 Å². The number of ether oxygens (including phenoxy) is 2. The lowest BCUT2D eigenvalue weighted by molar-refractivity contribution is -0.384. The SMILES string of the molecule is COC(=O)c1ccc(C(=O)OC)c(NS(=O)(=O)Cc2cccc([N+](=O)[O-])c2)c1. The summed E-state index contributed by atoms with van der Waals surface area (Å²) >= 11 is 0. The first-order valence-corrected chi connectivity index (χ1v) is 9.36. The number of nitrogens with one attached hydrogen (secondary N) is 1. The van der Waals surface area contributed by atoms with E-state index in [9.17, 15) is 28.1 Å². The molecule has 0 spiro atoms. The lowest BCUT2D eigenvalue weighted by Crippen LogP contribution is -2.18. The number of carbonyl (C=O) groups excluding carboxylic acids is 2. The van der Waals surface area contributed by atoms with Gasteiger partial charge < -0.3 is 9.47 Å². The summed E-state index contributed by atoms with van der Waals surface area (Å²) in [6.45, 7) is 0. The number of methoxy groups -OCH3 is 2. The standard InChI is InChI=1S/C17H16N2O8S/c1-26-16(20)12-6-7-14(17(21)27-2)15(9-12)18-28(24,25)10-11-4-3-5-13(8-11)19(22)23/h3-9,18H,10H2,1-2H3. The van der Waals surface area contributed by atoms with E-state index in [1.807, 2.05) is 0 Å². The predicted octanol–water partition coefficient (Wildman–Crippen LogP) is 2.11. The summed E-state index contributed by atoms with van der Waals surface area (Å²) in [7, 11) is -1.80. The van der Waals surface area contributed by atoms with Gasteiger partial charge in [0.05, 0.1) is 41.7 Å². The maximum Gasteiger partial charge on any atom is 0.339 e. The average Bonchev–Trinajstić information content (AvgIpc) is 2.66. The van der Waals surface area contributed by atoms with E-state index in [1.165, 1.54) is 30.3 Å². The molecule has 0 atom stereocenters. The van der Waals surface area contributed by atoms with Crippen LogP contribution in [0.15, 0.2) is 42.5 Å². The second-order valence-corrected chi connectivity index (χ2v) is 7.25. The van der Waals surface area contributed by atoms with E-state index in [1.54, 1.807) is 0 Å². The third kappa shape index (κ3) is 5.04. The summed E-state index contributed by atoms with van der Waals surface area (Å²) in [6, 6.07) is 8.80. The number of hydrogen-bond donors (Lipinski definition) is 1. The molecule has 0 unspecified atom stereocenters. The molecular formula is C17H16N2O8S. The molecule has 0 bridgehead atoms. The molecule has 2 aromatic rings. The Hall–Kier alpha value is -3.47. The number of sulfonamides is 1. The molecule has 0 aromatic heterocycles. The summed E-state index contributed by atoms with van der Waals surface area (Å²) in [6.07, 6.45) is 0. The Kier molecular flexibility index (Phi) is 6.31. The van der Waals surface area contributed by atoms with Crippen LogP contribution in [0, 0.1) is 10.1 Å². The van der Waals surface area contributed by atoms with Crippen molar-refractivity contribution in [3.63, 3.8) is 0 Å². The van der Waals surface area contributed by atoms with Crippen molar-refractivity contribution in [2.75, 3.05) is 18.9 Å². The Balaban J connectivity index is 2.38. The van der Waals surface area contributed by atoms with Crippen molar-refractivity contribution in [2.45, 2.75) is 5.75 Å². The third-order valence-corrected chi connectivity index (χ3v) is 4.83. The number of non-ortho nitro benzene ring substituents is 1. The molecule has 0 aliphatic rings. The Morgan fingerprint density at radius 2 is 1.75 bits per heavy atom. The average molecular weight is 408 g/mol. The van der Waals surface area contributed by atoms with E-state index in [0.717, 1.165) is 26.4 Å². The van der Waals surface area contributed by atoms with Gasteiger partial charge in [0.15, 0.2) is 0 Å². The molecular weight excluding hydrogens is 392 g/mol. The maximum absolute atomic E-state index is 12.5. The van der Waals surface area contributed by atoms with Crippen LogP contribution >= 0.6 is 0 Å². The van der Waals surface area contributed by atoms with Crippen LogP contribution in [-0.4, -0.2) is 39.5 Å². The Morgan fingerprint density at radius 1 is 1.07 bits per heavy atom. The molecule has 0 saturated carbocycles. The summed E-state index contributed by atoms with van der Waals surface area (Å²) in [5, 5.41) is 10.8. The zero-order valence-corrected chi connectivity index (χ0v) is 15.7. The molecule has 0 fully saturated rings. The second-order valence-electron chi connectivity index (χ2n) is 5.53. The van der Waals surface area contributed by atoms with Crippen LogP contribution in [0.1, 0.15) is 26.3 Å². The Morgan fingerprint density at radius 3 is 2.36 bits per heavy atom. The largest absolute Gasteiger partial charge is 0.465 e. The lowest BCUT2D eigenvalue weighted by Gasteiger charge is -2.13. The highest BCUT2D eigenvalue weighted by Gasteiger charge is 2.21. The number of nitrogens with zero attached hydrogens (tertiary/aromatic N) is 1. The van der Waals surface area contributed by atoms with E-state index in [-0.39, 0.29) is 28.1 Å². The van der Waals surface area contributed by atoms with Crippen LogP contribution in [0.25, 0.3) is 0 Å². The van der Waals surface area contributed by atoms with E-state index < -0.39 is 32.6 Å². The minimum atomic E-state index is -4.08. The van der Waals surface area contributed by atoms with E-state index in [0.29, 0.717) is 0 Å². The minimum absolute atomic E-state index is 0.0169. The van der Waals surface area contributed by atoms with Crippen LogP contribution in [0.5, 0.6) is 0 Å². The molecule has 11 heteroatoms. The van der Waals surface area contributed by atoms with Crippen molar-refractivity contribution >= 4 is 33.3 Å². The molecule has 0 heterocycles. The molecule has 0 saturated heterocycles. The van der Waals surface area contributed by atoms with Crippen LogP contribution in [0.3, 0.4) is 0 Å². The first-order chi connectivity index (χ1) is 13.2. The number of rotatable bonds is 7. The van der Waals surface area contributed by atoms with Gasteiger partial charge in [0, 0.05) is 12.1 Å². The minimum Gasteiger partial charge on any atom is -0.465 e. The molecule has 148 valence electrons. The number of hydrogen-bond acceptors (Lipinski definition) is 8. The van der Waals surface area contributed by atoms with Crippen molar-refractivity contribution in [2.24, 2.45) is 0 Å². The number of nitro groups is 1. The van der Waals surface area contributed by atoms with Gasteiger partial charge >= 0.3 is 11.9 Å². The van der Waals surface area contributed by atoms with Crippen molar-refractivity contribution in [1.82, 2.24) is 0 Å². The fraction of sp³-hybridized carbons (Fsp3) is 0.176. The van der Waals surface area contributed by atoms with Gasteiger partial charge in [-0.25, -0.2) is 18.0 Å². The van der Waals surface area contributed by atoms with Crippen LogP contribution in [-0.2, 0) is 25.2 Å². The first-order valence-electron chi connectivity index (χ1n) is 7.71. The quantitative estimate of drug-likeness (QED) is 0.417. The van der Waals surface area contributed by atoms with Gasteiger partial charge in [0.25, 0.3) is 5.69 Å². The Labute approximate surface area is 160 Å². The van der Waals surface area contributed by atoms with Crippen molar-refractivity contribution in [3.8, 4) is 0 Å². The number of carbonyl (C=O) groups is 2. The smallest absolute Gasteiger partial charge is 0.339 e. The molecule has 28 heavy (non-hydrogen) atoms. The summed E-state index contributed by atoms with van der Waals surface area (Å²) in [5.74, 6) is -2.13. The molecule has 2 rings (SSSR count). The van der Waals surface area contributed by atoms with Crippen molar-refractivity contribution in [1.29, 1.82) is 0 Å². The van der Waals surface area contributed by atoms with Gasteiger partial charge in [-0.3, -0.25) is 14.8 Å². The zero-order chi connectivity index (χ0) is 20.9. The van der Waals surface area contributed by atoms with Crippen LogP contribution in [0.2, 0.25) is 0 Å². The van der Waals surface area contributed by atoms with Gasteiger partial charge in [0.1, 0.15) is 0 Å². The highest BCUT2D eigenvalue weighted by Crippen LogP contribution is 2.23. The summed E-state index contributed by atoms with van der Waals surface area (Å²) in [5.41, 5.74) is -0.359. The molecule has 1 N–H and O–H groups in total. The second kappa shape index (κ2) is 8.48. The van der Waals surface area contributed by atoms with E-state index >= 15 is 0 Å². The fourth-order valence-corrected chi connectivity index (χ4v) is 3.54. The Bertz CT molecular complexity index is 1030. The number of anilines is 1. The number of esters is 2. The fourth-order valence-electron chi connectivity index (χ4n) is 2.34. The molecule has 0 aliphatic heterocycles. The van der Waals surface area contributed by atoms with Crippen LogP contribution in [0.4, 0.5) is 11.4 Å². The highest BCUT2D eigenvalue weighted by atomic mass is 32.2. The van der Waals surface area contributed by atoms with Gasteiger partial charge in [-0.2, -0.15) is 0 Å². The lowest BCUT2D eigenvalue weighted by atomic mass is 10.1. The molecule has 0 aliphatic carbocycles. The van der Waals surface area contributed by atoms with Gasteiger partial charge in [-0.05, 0) is 23.8 Å². The molecule has 10 nitrogen and oxygen atoms in total. The number of benzene rings is 2. The van der Waals surface area contributed by atoms with Crippen molar-refractivity contribution in [3.05, 3.63) is 69.3 Å². The van der Waals surface area contributed by atoms with Gasteiger partial charge in [-0.1, -0.05) is 12.1 Å². The number of nitro benzene ring substituents is 1. The first kappa shape index (κ1) is 20.8. The van der Waals surface area contributed by atoms with E-state index in [2.05, 4.69) is 14.2 Å². The van der Waals surface area contributed by atoms with E-state index in [4.69, 9.17) is 0 Å². The van der Waals surface area contributed by atoms with Crippen LogP contribution < -0.4 is 4.72 Å². The normalized spacial score (nSPS) is 10.8.